The van der Waals surface area contributed by atoms with Crippen LogP contribution in [0.25, 0.3) is 0 Å². The van der Waals surface area contributed by atoms with Gasteiger partial charge in [0.15, 0.2) is 0 Å². The molecule has 1 aromatic carbocycles. The number of nitrogens with zero attached hydrogens (tertiary/aromatic N) is 1. The minimum absolute atomic E-state index is 0.0720. The van der Waals surface area contributed by atoms with Crippen LogP contribution in [0, 0.1) is 0 Å². The van der Waals surface area contributed by atoms with Gasteiger partial charge in [0.25, 0.3) is 0 Å². The molecule has 0 saturated heterocycles. The zero-order valence-electron chi connectivity index (χ0n) is 7.37. The molecule has 13 heavy (non-hydrogen) atoms. The van der Waals surface area contributed by atoms with Crippen LogP contribution in [-0.4, -0.2) is 13.1 Å². The smallest absolute Gasteiger partial charge is 0.321 e. The predicted octanol–water partition coefficient (Wildman–Crippen LogP) is 0.928. The van der Waals surface area contributed by atoms with Gasteiger partial charge in [-0.3, -0.25) is 4.90 Å². The first-order valence-corrected chi connectivity index (χ1v) is 4.08. The molecule has 68 valence electrons. The second-order valence-corrected chi connectivity index (χ2v) is 3.11. The number of urea groups is 1. The molecule has 1 aliphatic heterocycles. The molecule has 2 rings (SSSR count). The second kappa shape index (κ2) is 2.65. The van der Waals surface area contributed by atoms with Crippen molar-refractivity contribution < 1.29 is 4.79 Å². The lowest BCUT2D eigenvalue weighted by molar-refractivity contribution is 0.246. The number of carbonyl (C=O) groups is 1. The Morgan fingerprint density at radius 2 is 2.31 bits per heavy atom. The van der Waals surface area contributed by atoms with Crippen LogP contribution in [0.5, 0.6) is 0 Å². The Labute approximate surface area is 76.3 Å². The van der Waals surface area contributed by atoms with Crippen molar-refractivity contribution in [2.45, 2.75) is 6.54 Å². The third-order valence-electron chi connectivity index (χ3n) is 2.20. The number of nitrogens with two attached hydrogens (primary N) is 1. The zero-order valence-corrected chi connectivity index (χ0v) is 7.37. The highest BCUT2D eigenvalue weighted by Gasteiger charge is 2.19. The summed E-state index contributed by atoms with van der Waals surface area (Å²) in [6.45, 7) is 0.559. The summed E-state index contributed by atoms with van der Waals surface area (Å²) in [6.07, 6.45) is 0. The molecule has 0 spiro atoms. The number of benzene rings is 1. The van der Waals surface area contributed by atoms with E-state index in [1.807, 2.05) is 12.1 Å². The van der Waals surface area contributed by atoms with E-state index in [4.69, 9.17) is 5.73 Å². The number of hydrogen-bond donors (Lipinski definition) is 2. The Hall–Kier alpha value is -1.71. The fraction of sp³-hybridized carbons (Fsp3) is 0.222. The van der Waals surface area contributed by atoms with Crippen molar-refractivity contribution >= 4 is 17.4 Å². The molecule has 0 radical (unpaired) electrons. The van der Waals surface area contributed by atoms with E-state index >= 15 is 0 Å². The molecular formula is C9H11N3O. The van der Waals surface area contributed by atoms with Crippen molar-refractivity contribution in [1.29, 1.82) is 0 Å². The summed E-state index contributed by atoms with van der Waals surface area (Å²) < 4.78 is 0. The zero-order chi connectivity index (χ0) is 9.42. The van der Waals surface area contributed by atoms with Gasteiger partial charge < -0.3 is 11.1 Å². The number of fused-ring (bicyclic) bond motifs is 1. The molecule has 2 amide bonds. The first-order valence-electron chi connectivity index (χ1n) is 4.08. The van der Waals surface area contributed by atoms with Crippen LogP contribution >= 0.6 is 0 Å². The normalized spacial score (nSPS) is 15.2. The van der Waals surface area contributed by atoms with Gasteiger partial charge in [0.1, 0.15) is 0 Å². The first kappa shape index (κ1) is 7.91. The molecule has 1 aromatic rings. The van der Waals surface area contributed by atoms with Gasteiger partial charge in [-0.25, -0.2) is 4.79 Å². The molecule has 0 aliphatic carbocycles. The molecule has 1 heterocycles. The Balaban J connectivity index is 2.49. The molecule has 4 heteroatoms. The average molecular weight is 177 g/mol. The standard InChI is InChI=1S/C9H11N3O/c1-12-8-3-2-7(10)4-6(8)5-11-9(12)13/h2-4H,5,10H2,1H3,(H,11,13). The Bertz CT molecular complexity index is 362. The molecule has 1 aliphatic rings. The van der Waals surface area contributed by atoms with Crippen molar-refractivity contribution in [3.8, 4) is 0 Å². The van der Waals surface area contributed by atoms with Crippen LogP contribution in [0.4, 0.5) is 16.2 Å². The summed E-state index contributed by atoms with van der Waals surface area (Å²) >= 11 is 0. The molecule has 0 bridgehead atoms. The number of nitrogens with one attached hydrogen (secondary N) is 1. The van der Waals surface area contributed by atoms with Crippen LogP contribution in [0.1, 0.15) is 5.56 Å². The summed E-state index contributed by atoms with van der Waals surface area (Å²) in [5.41, 5.74) is 8.34. The molecule has 3 N–H and O–H groups in total. The number of carbonyl (C=O) groups excluding carboxylic acids is 1. The van der Waals surface area contributed by atoms with Gasteiger partial charge in [-0.05, 0) is 23.8 Å². The van der Waals surface area contributed by atoms with Gasteiger partial charge in [0.2, 0.25) is 0 Å². The largest absolute Gasteiger partial charge is 0.399 e. The molecule has 0 unspecified atom stereocenters. The lowest BCUT2D eigenvalue weighted by Crippen LogP contribution is -2.41. The highest BCUT2D eigenvalue weighted by molar-refractivity contribution is 5.94. The molecular weight excluding hydrogens is 166 g/mol. The van der Waals surface area contributed by atoms with Crippen molar-refractivity contribution in [1.82, 2.24) is 5.32 Å². The van der Waals surface area contributed by atoms with E-state index in [0.717, 1.165) is 16.9 Å². The van der Waals surface area contributed by atoms with E-state index in [-0.39, 0.29) is 6.03 Å². The maximum Gasteiger partial charge on any atom is 0.321 e. The van der Waals surface area contributed by atoms with Crippen LogP contribution in [0.15, 0.2) is 18.2 Å². The molecule has 0 atom stereocenters. The van der Waals surface area contributed by atoms with Gasteiger partial charge in [0, 0.05) is 19.3 Å². The number of hydrogen-bond acceptors (Lipinski definition) is 2. The quantitative estimate of drug-likeness (QED) is 0.579. The lowest BCUT2D eigenvalue weighted by Gasteiger charge is -2.26. The number of nitrogen functional groups attached to an aromatic ring is 1. The van der Waals surface area contributed by atoms with Crippen molar-refractivity contribution in [3.63, 3.8) is 0 Å². The summed E-state index contributed by atoms with van der Waals surface area (Å²) in [5.74, 6) is 0. The predicted molar refractivity (Wildman–Crippen MR) is 51.5 cm³/mol. The molecule has 4 nitrogen and oxygen atoms in total. The van der Waals surface area contributed by atoms with E-state index in [0.29, 0.717) is 6.54 Å². The fourth-order valence-corrected chi connectivity index (χ4v) is 1.47. The number of anilines is 2. The fourth-order valence-electron chi connectivity index (χ4n) is 1.47. The van der Waals surface area contributed by atoms with E-state index in [2.05, 4.69) is 5.32 Å². The highest BCUT2D eigenvalue weighted by Crippen LogP contribution is 2.24. The molecule has 0 aromatic heterocycles. The Morgan fingerprint density at radius 1 is 1.54 bits per heavy atom. The maximum atomic E-state index is 11.2. The topological polar surface area (TPSA) is 58.4 Å². The SMILES string of the molecule is CN1C(=O)NCc2cc(N)ccc21. The van der Waals surface area contributed by atoms with Gasteiger partial charge >= 0.3 is 6.03 Å². The average Bonchev–Trinajstić information content (AvgIpc) is 2.12. The Morgan fingerprint density at radius 3 is 3.08 bits per heavy atom. The third kappa shape index (κ3) is 1.20. The number of rotatable bonds is 0. The molecule has 0 fully saturated rings. The summed E-state index contributed by atoms with van der Waals surface area (Å²) in [5, 5.41) is 2.75. The van der Waals surface area contributed by atoms with E-state index in [9.17, 15) is 4.79 Å². The summed E-state index contributed by atoms with van der Waals surface area (Å²) in [7, 11) is 1.74. The van der Waals surface area contributed by atoms with Gasteiger partial charge in [0.05, 0.1) is 5.69 Å². The van der Waals surface area contributed by atoms with Crippen molar-refractivity contribution in [2.75, 3.05) is 17.7 Å². The summed E-state index contributed by atoms with van der Waals surface area (Å²) in [4.78, 5) is 12.8. The van der Waals surface area contributed by atoms with E-state index < -0.39 is 0 Å². The van der Waals surface area contributed by atoms with E-state index in [1.54, 1.807) is 18.0 Å². The molecule has 0 saturated carbocycles. The van der Waals surface area contributed by atoms with Crippen LogP contribution < -0.4 is 16.0 Å². The lowest BCUT2D eigenvalue weighted by atomic mass is 10.1. The van der Waals surface area contributed by atoms with Crippen LogP contribution in [0.3, 0.4) is 0 Å². The Kier molecular flexibility index (Phi) is 1.62. The third-order valence-corrected chi connectivity index (χ3v) is 2.20. The van der Waals surface area contributed by atoms with Crippen LogP contribution in [0.2, 0.25) is 0 Å². The van der Waals surface area contributed by atoms with Crippen molar-refractivity contribution in [3.05, 3.63) is 23.8 Å². The van der Waals surface area contributed by atoms with Gasteiger partial charge in [-0.15, -0.1) is 0 Å². The summed E-state index contributed by atoms with van der Waals surface area (Å²) in [6, 6.07) is 5.47. The maximum absolute atomic E-state index is 11.2. The number of amides is 2. The minimum Gasteiger partial charge on any atom is -0.399 e. The first-order chi connectivity index (χ1) is 6.18. The van der Waals surface area contributed by atoms with Crippen molar-refractivity contribution in [2.24, 2.45) is 0 Å². The highest BCUT2D eigenvalue weighted by atomic mass is 16.2. The minimum atomic E-state index is -0.0720. The van der Waals surface area contributed by atoms with E-state index in [1.165, 1.54) is 0 Å². The monoisotopic (exact) mass is 177 g/mol. The van der Waals surface area contributed by atoms with Gasteiger partial charge in [-0.1, -0.05) is 0 Å². The van der Waals surface area contributed by atoms with Crippen LogP contribution in [-0.2, 0) is 6.54 Å². The van der Waals surface area contributed by atoms with Gasteiger partial charge in [-0.2, -0.15) is 0 Å². The second-order valence-electron chi connectivity index (χ2n) is 3.11.